The van der Waals surface area contributed by atoms with Crippen LogP contribution < -0.4 is 4.90 Å². The summed E-state index contributed by atoms with van der Waals surface area (Å²) in [4.78, 5) is 7.36. The van der Waals surface area contributed by atoms with Gasteiger partial charge in [0.25, 0.3) is 0 Å². The highest BCUT2D eigenvalue weighted by atomic mass is 16.3. The van der Waals surface area contributed by atoms with Gasteiger partial charge in [0.05, 0.1) is 5.69 Å². The number of nitrogens with zero attached hydrogens (tertiary/aromatic N) is 2. The summed E-state index contributed by atoms with van der Waals surface area (Å²) in [6, 6.07) is 68.7. The molecular formula is C49H32N2O. The second kappa shape index (κ2) is 12.4. The topological polar surface area (TPSA) is 29.3 Å². The van der Waals surface area contributed by atoms with Crippen LogP contribution in [0.4, 0.5) is 17.1 Å². The molecule has 0 radical (unpaired) electrons. The van der Waals surface area contributed by atoms with E-state index in [0.717, 1.165) is 66.4 Å². The van der Waals surface area contributed by atoms with Crippen LogP contribution in [0.15, 0.2) is 199 Å². The summed E-state index contributed by atoms with van der Waals surface area (Å²) < 4.78 is 6.75. The summed E-state index contributed by atoms with van der Waals surface area (Å²) in [6.07, 6.45) is 0. The van der Waals surface area contributed by atoms with Gasteiger partial charge in [-0.05, 0) is 98.4 Å². The Labute approximate surface area is 301 Å². The van der Waals surface area contributed by atoms with E-state index in [-0.39, 0.29) is 0 Å². The summed E-state index contributed by atoms with van der Waals surface area (Å²) in [5, 5.41) is 6.82. The maximum atomic E-state index is 6.75. The normalized spacial score (nSPS) is 11.5. The van der Waals surface area contributed by atoms with Crippen LogP contribution in [-0.2, 0) is 0 Å². The molecule has 0 fully saturated rings. The standard InChI is InChI=1S/C49H32N2O/c1-4-13-33(14-5-1)34-23-25-36(26-24-34)43-31-38-27-28-40(51(39-19-8-3-9-20-39)46-22-12-18-35-15-10-11-21-41(35)46)32-44(38)47-42(43)29-30-45-48(47)52-49(50-45)37-16-6-2-7-17-37/h1-32H. The van der Waals surface area contributed by atoms with E-state index >= 15 is 0 Å². The number of fused-ring (bicyclic) bond motifs is 6. The van der Waals surface area contributed by atoms with Crippen molar-refractivity contribution >= 4 is 60.5 Å². The van der Waals surface area contributed by atoms with Crippen molar-refractivity contribution in [3.63, 3.8) is 0 Å². The molecule has 0 atom stereocenters. The molecule has 1 heterocycles. The van der Waals surface area contributed by atoms with E-state index in [1.54, 1.807) is 0 Å². The smallest absolute Gasteiger partial charge is 0.227 e. The number of hydrogen-bond donors (Lipinski definition) is 0. The van der Waals surface area contributed by atoms with Gasteiger partial charge >= 0.3 is 0 Å². The summed E-state index contributed by atoms with van der Waals surface area (Å²) in [5.74, 6) is 0.617. The molecule has 0 unspecified atom stereocenters. The molecule has 244 valence electrons. The lowest BCUT2D eigenvalue weighted by Gasteiger charge is -2.27. The zero-order valence-corrected chi connectivity index (χ0v) is 28.3. The Bertz CT molecular complexity index is 2870. The van der Waals surface area contributed by atoms with Crippen molar-refractivity contribution < 1.29 is 4.42 Å². The zero-order chi connectivity index (χ0) is 34.4. The van der Waals surface area contributed by atoms with Crippen molar-refractivity contribution in [3.05, 3.63) is 194 Å². The lowest BCUT2D eigenvalue weighted by atomic mass is 9.91. The Balaban J connectivity index is 1.24. The van der Waals surface area contributed by atoms with E-state index in [2.05, 4.69) is 169 Å². The number of anilines is 3. The average molecular weight is 665 g/mol. The Morgan fingerprint density at radius 1 is 0.404 bits per heavy atom. The van der Waals surface area contributed by atoms with E-state index in [1.165, 1.54) is 21.9 Å². The van der Waals surface area contributed by atoms with Crippen LogP contribution in [0.25, 0.3) is 77.1 Å². The van der Waals surface area contributed by atoms with E-state index in [4.69, 9.17) is 9.40 Å². The predicted octanol–water partition coefficient (Wildman–Crippen LogP) is 13.8. The first-order chi connectivity index (χ1) is 25.8. The highest BCUT2D eigenvalue weighted by Crippen LogP contribution is 2.44. The molecule has 1 aromatic heterocycles. The third kappa shape index (κ3) is 5.10. The van der Waals surface area contributed by atoms with Crippen molar-refractivity contribution in [2.75, 3.05) is 4.90 Å². The first kappa shape index (κ1) is 29.9. The number of hydrogen-bond acceptors (Lipinski definition) is 3. The van der Waals surface area contributed by atoms with Gasteiger partial charge in [0, 0.05) is 27.7 Å². The number of oxazole rings is 1. The predicted molar refractivity (Wildman–Crippen MR) is 218 cm³/mol. The van der Waals surface area contributed by atoms with Crippen LogP contribution in [-0.4, -0.2) is 4.98 Å². The van der Waals surface area contributed by atoms with Gasteiger partial charge in [-0.3, -0.25) is 0 Å². The lowest BCUT2D eigenvalue weighted by Crippen LogP contribution is -2.10. The van der Waals surface area contributed by atoms with Crippen molar-refractivity contribution in [2.24, 2.45) is 0 Å². The maximum absolute atomic E-state index is 6.75. The van der Waals surface area contributed by atoms with Gasteiger partial charge in [0.2, 0.25) is 5.89 Å². The van der Waals surface area contributed by atoms with Crippen LogP contribution in [0, 0.1) is 0 Å². The molecule has 0 saturated carbocycles. The molecule has 10 aromatic rings. The molecule has 9 aromatic carbocycles. The lowest BCUT2D eigenvalue weighted by molar-refractivity contribution is 0.623. The fourth-order valence-corrected chi connectivity index (χ4v) is 7.57. The molecule has 0 aliphatic heterocycles. The molecule has 10 rings (SSSR count). The number of aromatic nitrogens is 1. The fourth-order valence-electron chi connectivity index (χ4n) is 7.57. The van der Waals surface area contributed by atoms with Crippen LogP contribution in [0.5, 0.6) is 0 Å². The van der Waals surface area contributed by atoms with Crippen LogP contribution in [0.2, 0.25) is 0 Å². The molecule has 0 spiro atoms. The van der Waals surface area contributed by atoms with Gasteiger partial charge < -0.3 is 9.32 Å². The highest BCUT2D eigenvalue weighted by Gasteiger charge is 2.20. The van der Waals surface area contributed by atoms with Gasteiger partial charge in [-0.15, -0.1) is 0 Å². The van der Waals surface area contributed by atoms with Crippen LogP contribution >= 0.6 is 0 Å². The van der Waals surface area contributed by atoms with Crippen LogP contribution in [0.3, 0.4) is 0 Å². The zero-order valence-electron chi connectivity index (χ0n) is 28.3. The minimum Gasteiger partial charge on any atom is -0.435 e. The molecule has 0 bridgehead atoms. The average Bonchev–Trinajstić information content (AvgIpc) is 3.67. The van der Waals surface area contributed by atoms with Crippen molar-refractivity contribution in [1.29, 1.82) is 0 Å². The van der Waals surface area contributed by atoms with E-state index in [9.17, 15) is 0 Å². The summed E-state index contributed by atoms with van der Waals surface area (Å²) in [6.45, 7) is 0. The molecule has 0 aliphatic carbocycles. The largest absolute Gasteiger partial charge is 0.435 e. The molecule has 0 aliphatic rings. The third-order valence-corrected chi connectivity index (χ3v) is 10.1. The van der Waals surface area contributed by atoms with Gasteiger partial charge in [-0.2, -0.15) is 0 Å². The van der Waals surface area contributed by atoms with Gasteiger partial charge in [-0.1, -0.05) is 140 Å². The molecular weight excluding hydrogens is 633 g/mol. The van der Waals surface area contributed by atoms with Gasteiger partial charge in [0.1, 0.15) is 5.52 Å². The highest BCUT2D eigenvalue weighted by molar-refractivity contribution is 6.23. The van der Waals surface area contributed by atoms with Crippen molar-refractivity contribution in [2.45, 2.75) is 0 Å². The van der Waals surface area contributed by atoms with Crippen molar-refractivity contribution in [1.82, 2.24) is 4.98 Å². The summed E-state index contributed by atoms with van der Waals surface area (Å²) in [7, 11) is 0. The van der Waals surface area contributed by atoms with Crippen molar-refractivity contribution in [3.8, 4) is 33.7 Å². The van der Waals surface area contributed by atoms with Gasteiger partial charge in [0.15, 0.2) is 5.58 Å². The Hall–Kier alpha value is -6.97. The van der Waals surface area contributed by atoms with E-state index in [1.807, 2.05) is 30.3 Å². The molecule has 3 nitrogen and oxygen atoms in total. The Morgan fingerprint density at radius 2 is 1.06 bits per heavy atom. The third-order valence-electron chi connectivity index (χ3n) is 10.1. The second-order valence-electron chi connectivity index (χ2n) is 13.2. The molecule has 52 heavy (non-hydrogen) atoms. The first-order valence-corrected chi connectivity index (χ1v) is 17.6. The second-order valence-corrected chi connectivity index (χ2v) is 13.2. The van der Waals surface area contributed by atoms with E-state index in [0.29, 0.717) is 5.89 Å². The maximum Gasteiger partial charge on any atom is 0.227 e. The minimum atomic E-state index is 0.617. The number of benzene rings is 9. The Morgan fingerprint density at radius 3 is 1.85 bits per heavy atom. The molecule has 3 heteroatoms. The number of para-hydroxylation sites is 1. The van der Waals surface area contributed by atoms with Crippen LogP contribution in [0.1, 0.15) is 0 Å². The molecule has 0 N–H and O–H groups in total. The fraction of sp³-hybridized carbons (Fsp3) is 0. The molecule has 0 saturated heterocycles. The minimum absolute atomic E-state index is 0.617. The first-order valence-electron chi connectivity index (χ1n) is 17.6. The van der Waals surface area contributed by atoms with E-state index < -0.39 is 0 Å². The summed E-state index contributed by atoms with van der Waals surface area (Å²) >= 11 is 0. The Kier molecular flexibility index (Phi) is 7.14. The SMILES string of the molecule is c1ccc(-c2ccc(-c3cc4ccc(N(c5ccccc5)c5cccc6ccccc56)cc4c4c3ccc3nc(-c5ccccc5)oc34)cc2)cc1. The number of rotatable bonds is 6. The summed E-state index contributed by atoms with van der Waals surface area (Å²) in [5.41, 5.74) is 10.6. The quantitative estimate of drug-likeness (QED) is 0.166. The van der Waals surface area contributed by atoms with Gasteiger partial charge in [-0.25, -0.2) is 4.98 Å². The molecule has 0 amide bonds. The monoisotopic (exact) mass is 664 g/mol.